The Kier molecular flexibility index (Phi) is 8.59. The molecule has 0 radical (unpaired) electrons. The number of primary sulfonamides is 1. The third kappa shape index (κ3) is 7.06. The molecule has 0 aliphatic heterocycles. The summed E-state index contributed by atoms with van der Waals surface area (Å²) in [4.78, 5) is 11.7. The number of nitrogens with zero attached hydrogens (tertiary/aromatic N) is 3. The number of carbonyl (C=O) groups is 1. The molecule has 186 valence electrons. The molecule has 0 aliphatic carbocycles. The molecule has 3 rings (SSSR count). The van der Waals surface area contributed by atoms with Crippen LogP contribution in [0.3, 0.4) is 0 Å². The molecule has 1 heterocycles. The van der Waals surface area contributed by atoms with Crippen molar-refractivity contribution >= 4 is 58.3 Å². The summed E-state index contributed by atoms with van der Waals surface area (Å²) >= 11 is 0.374. The summed E-state index contributed by atoms with van der Waals surface area (Å²) in [5.41, 5.74) is 0.939. The molecule has 0 unspecified atom stereocenters. The molecule has 0 saturated carbocycles. The second kappa shape index (κ2) is 10.5. The fourth-order valence-corrected chi connectivity index (χ4v) is 5.62. The van der Waals surface area contributed by atoms with Crippen molar-refractivity contribution in [1.29, 1.82) is 0 Å². The van der Waals surface area contributed by atoms with Crippen molar-refractivity contribution in [2.24, 2.45) is 5.14 Å². The number of benzene rings is 2. The van der Waals surface area contributed by atoms with Gasteiger partial charge in [0.1, 0.15) is 0 Å². The van der Waals surface area contributed by atoms with Gasteiger partial charge in [0.05, 0.1) is 9.79 Å². The van der Waals surface area contributed by atoms with E-state index in [0.717, 1.165) is 17.7 Å². The van der Waals surface area contributed by atoms with Crippen molar-refractivity contribution in [1.82, 2.24) is 14.9 Å². The van der Waals surface area contributed by atoms with Gasteiger partial charge in [-0.2, -0.15) is 0 Å². The first-order chi connectivity index (χ1) is 15.3. The zero-order chi connectivity index (χ0) is 24.4. The van der Waals surface area contributed by atoms with Gasteiger partial charge in [-0.3, -0.25) is 0 Å². The van der Waals surface area contributed by atoms with E-state index < -0.39 is 45.6 Å². The summed E-state index contributed by atoms with van der Waals surface area (Å²) < 4.78 is 76.3. The van der Waals surface area contributed by atoms with Gasteiger partial charge >= 0.3 is 28.4 Å². The Morgan fingerprint density at radius 2 is 1.47 bits per heavy atom. The fourth-order valence-electron chi connectivity index (χ4n) is 2.28. The first-order valence-corrected chi connectivity index (χ1v) is 13.9. The molecule has 0 spiro atoms. The molecule has 0 atom stereocenters. The zero-order valence-corrected chi connectivity index (χ0v) is 21.6. The number of aryl methyl sites for hydroxylation is 1. The number of hydrogen-bond acceptors (Lipinski definition) is 10. The summed E-state index contributed by atoms with van der Waals surface area (Å²) in [6.07, 6.45) is 0. The largest absolute Gasteiger partial charge is 1.00 e. The molecule has 4 N–H and O–H groups in total. The average Bonchev–Trinajstić information content (AvgIpc) is 3.16. The molecule has 0 aliphatic rings. The number of rotatable bonds is 7. The van der Waals surface area contributed by atoms with Crippen molar-refractivity contribution in [3.05, 3.63) is 58.8 Å². The molecule has 3 aromatic rings. The van der Waals surface area contributed by atoms with Crippen molar-refractivity contribution in [3.8, 4) is 0 Å². The third-order valence-electron chi connectivity index (χ3n) is 3.81. The summed E-state index contributed by atoms with van der Waals surface area (Å²) in [5.74, 6) is 0. The molecular weight excluding hydrogens is 624 g/mol. The van der Waals surface area contributed by atoms with Gasteiger partial charge in [-0.05, 0) is 43.3 Å². The summed E-state index contributed by atoms with van der Waals surface area (Å²) in [6.45, 7) is 1.78. The summed E-state index contributed by atoms with van der Waals surface area (Å²) in [5, 5.41) is 13.3. The molecule has 0 saturated heterocycles. The van der Waals surface area contributed by atoms with Gasteiger partial charge in [-0.25, -0.2) is 45.0 Å². The van der Waals surface area contributed by atoms with Crippen LogP contribution < -0.4 is 15.2 Å². The van der Waals surface area contributed by atoms with E-state index in [1.54, 1.807) is 19.1 Å². The summed E-state index contributed by atoms with van der Waals surface area (Å²) in [6, 6.07) is 9.40. The standard InChI is InChI=1S/C16H16N6O7S4.Ag/c1-10-2-6-12(7-3-10)32(26,27)21-14(23)18-11-4-8-13(9-5-11)33(28,29)22-15-19-20-16(30-15)31(17,24)25;/h2-9H,1H3,(H5,17,18,19,21,22,23,24,25);/q;+1/p-1. The van der Waals surface area contributed by atoms with E-state index in [0.29, 0.717) is 11.3 Å². The van der Waals surface area contributed by atoms with Crippen molar-refractivity contribution in [2.45, 2.75) is 21.1 Å². The number of nitrogens with one attached hydrogen (secondary N) is 2. The van der Waals surface area contributed by atoms with Crippen LogP contribution in [0.25, 0.3) is 4.72 Å². The van der Waals surface area contributed by atoms with E-state index in [1.807, 2.05) is 4.72 Å². The molecule has 0 fully saturated rings. The van der Waals surface area contributed by atoms with Gasteiger partial charge in [-0.1, -0.05) is 17.7 Å². The maximum Gasteiger partial charge on any atom is 1.00 e. The Bertz CT molecular complexity index is 1500. The number of aromatic nitrogens is 2. The van der Waals surface area contributed by atoms with Gasteiger partial charge in [0.2, 0.25) is 14.4 Å². The minimum absolute atomic E-state index is 0. The van der Waals surface area contributed by atoms with Gasteiger partial charge < -0.3 is 15.1 Å². The van der Waals surface area contributed by atoms with Crippen molar-refractivity contribution in [3.63, 3.8) is 0 Å². The Hall–Kier alpha value is -2.38. The molecule has 1 aromatic heterocycles. The maximum absolute atomic E-state index is 12.4. The van der Waals surface area contributed by atoms with Gasteiger partial charge in [-0.15, -0.1) is 11.3 Å². The number of nitrogens with two attached hydrogens (primary N) is 1. The predicted molar refractivity (Wildman–Crippen MR) is 118 cm³/mol. The first kappa shape index (κ1) is 27.9. The maximum atomic E-state index is 12.4. The minimum atomic E-state index is -4.29. The molecule has 2 amide bonds. The Labute approximate surface area is 214 Å². The monoisotopic (exact) mass is 638 g/mol. The number of hydrogen-bond donors (Lipinski definition) is 3. The van der Waals surface area contributed by atoms with Gasteiger partial charge in [0, 0.05) is 10.8 Å². The topological polar surface area (TPSA) is 209 Å². The number of carbonyl (C=O) groups excluding carboxylic acids is 1. The van der Waals surface area contributed by atoms with E-state index >= 15 is 0 Å². The quantitative estimate of drug-likeness (QED) is 0.319. The van der Waals surface area contributed by atoms with E-state index in [2.05, 4.69) is 20.2 Å². The molecule has 2 aromatic carbocycles. The van der Waals surface area contributed by atoms with Crippen LogP contribution in [-0.4, -0.2) is 41.5 Å². The second-order valence-electron chi connectivity index (χ2n) is 6.36. The van der Waals surface area contributed by atoms with E-state index in [4.69, 9.17) is 5.14 Å². The smallest absolute Gasteiger partial charge is 0.342 e. The SMILES string of the molecule is Cc1ccc(S(=O)(=O)NC(=O)Nc2ccc(S(=O)(=O)[N-]c3nnc(S(N)(=O)=O)s3)cc2)cc1.[Ag+]. The van der Waals surface area contributed by atoms with Crippen LogP contribution in [0.15, 0.2) is 62.7 Å². The van der Waals surface area contributed by atoms with E-state index in [1.165, 1.54) is 24.3 Å². The molecule has 18 heteroatoms. The fraction of sp³-hybridized carbons (Fsp3) is 0.0625. The van der Waals surface area contributed by atoms with Crippen molar-refractivity contribution in [2.75, 3.05) is 5.32 Å². The van der Waals surface area contributed by atoms with Crippen LogP contribution in [0.1, 0.15) is 5.56 Å². The van der Waals surface area contributed by atoms with E-state index in [-0.39, 0.29) is 37.9 Å². The number of urea groups is 1. The Morgan fingerprint density at radius 1 is 0.912 bits per heavy atom. The van der Waals surface area contributed by atoms with E-state index in [9.17, 15) is 30.0 Å². The van der Waals surface area contributed by atoms with Crippen LogP contribution >= 0.6 is 11.3 Å². The number of amides is 2. The van der Waals surface area contributed by atoms with Gasteiger partial charge in [0.15, 0.2) is 0 Å². The van der Waals surface area contributed by atoms with Gasteiger partial charge in [0.25, 0.3) is 20.0 Å². The Morgan fingerprint density at radius 3 is 2.00 bits per heavy atom. The molecular formula is C16H15AgN6O7S4. The zero-order valence-electron chi connectivity index (χ0n) is 16.8. The number of anilines is 1. The second-order valence-corrected chi connectivity index (χ2v) is 12.3. The molecule has 0 bridgehead atoms. The van der Waals surface area contributed by atoms with Crippen LogP contribution in [0.4, 0.5) is 15.6 Å². The molecule has 13 nitrogen and oxygen atoms in total. The van der Waals surface area contributed by atoms with Crippen LogP contribution in [0, 0.1) is 6.92 Å². The van der Waals surface area contributed by atoms with Crippen LogP contribution in [0.2, 0.25) is 0 Å². The predicted octanol–water partition coefficient (Wildman–Crippen LogP) is 1.40. The molecule has 34 heavy (non-hydrogen) atoms. The van der Waals surface area contributed by atoms with Crippen LogP contribution in [-0.2, 0) is 52.5 Å². The Balaban J connectivity index is 0.00000408. The normalized spacial score (nSPS) is 11.8. The minimum Gasteiger partial charge on any atom is -0.342 e. The third-order valence-corrected chi connectivity index (χ3v) is 8.68. The average molecular weight is 639 g/mol. The van der Waals surface area contributed by atoms with Crippen LogP contribution in [0.5, 0.6) is 0 Å². The number of sulfonamides is 3. The first-order valence-electron chi connectivity index (χ1n) is 8.61. The summed E-state index contributed by atoms with van der Waals surface area (Å²) in [7, 11) is -12.5. The van der Waals surface area contributed by atoms with Crippen molar-refractivity contribution < 1.29 is 52.4 Å².